The van der Waals surface area contributed by atoms with Gasteiger partial charge in [-0.15, -0.1) is 0 Å². The molecule has 1 unspecified atom stereocenters. The minimum atomic E-state index is 0.704. The van der Waals surface area contributed by atoms with Crippen molar-refractivity contribution in [2.45, 2.75) is 60.0 Å². The van der Waals surface area contributed by atoms with E-state index < -0.39 is 0 Å². The van der Waals surface area contributed by atoms with Crippen LogP contribution in [-0.4, -0.2) is 24.0 Å². The van der Waals surface area contributed by atoms with Crippen LogP contribution in [0.4, 0.5) is 0 Å². The van der Waals surface area contributed by atoms with Gasteiger partial charge in [-0.1, -0.05) is 34.6 Å². The first-order valence-corrected chi connectivity index (χ1v) is 5.63. The van der Waals surface area contributed by atoms with Gasteiger partial charge in [-0.25, -0.2) is 0 Å². The average molecular weight is 185 g/mol. The summed E-state index contributed by atoms with van der Waals surface area (Å²) in [4.78, 5) is 2.54. The Morgan fingerprint density at radius 1 is 0.923 bits per heavy atom. The van der Waals surface area contributed by atoms with Crippen molar-refractivity contribution in [1.82, 2.24) is 4.90 Å². The van der Waals surface area contributed by atoms with Gasteiger partial charge in [0.15, 0.2) is 0 Å². The number of rotatable bonds is 5. The molecular weight excluding hydrogens is 158 g/mol. The molecule has 1 atom stereocenters. The van der Waals surface area contributed by atoms with Gasteiger partial charge in [0.25, 0.3) is 0 Å². The van der Waals surface area contributed by atoms with E-state index in [1.807, 2.05) is 0 Å². The topological polar surface area (TPSA) is 3.24 Å². The predicted octanol–water partition coefficient (Wildman–Crippen LogP) is 3.40. The SMILES string of the molecule is CCC(C)N(C)C(C(C)C)C(C)C. The third-order valence-corrected chi connectivity index (χ3v) is 3.12. The van der Waals surface area contributed by atoms with Crippen LogP contribution < -0.4 is 0 Å². The van der Waals surface area contributed by atoms with Gasteiger partial charge < -0.3 is 4.90 Å². The second kappa shape index (κ2) is 5.64. The average Bonchev–Trinajstić information content (AvgIpc) is 2.01. The monoisotopic (exact) mass is 185 g/mol. The van der Waals surface area contributed by atoms with Crippen molar-refractivity contribution in [3.63, 3.8) is 0 Å². The molecule has 0 fully saturated rings. The molecule has 0 aromatic heterocycles. The Kier molecular flexibility index (Phi) is 5.62. The van der Waals surface area contributed by atoms with Crippen LogP contribution in [0.15, 0.2) is 0 Å². The maximum absolute atomic E-state index is 2.54. The molecule has 0 bridgehead atoms. The van der Waals surface area contributed by atoms with Crippen molar-refractivity contribution in [2.24, 2.45) is 11.8 Å². The minimum Gasteiger partial charge on any atom is -0.300 e. The van der Waals surface area contributed by atoms with Crippen LogP contribution >= 0.6 is 0 Å². The Morgan fingerprint density at radius 2 is 1.31 bits per heavy atom. The van der Waals surface area contributed by atoms with Gasteiger partial charge in [-0.3, -0.25) is 0 Å². The first kappa shape index (κ1) is 13.0. The summed E-state index contributed by atoms with van der Waals surface area (Å²) in [6.07, 6.45) is 1.24. The van der Waals surface area contributed by atoms with E-state index in [1.54, 1.807) is 0 Å². The molecule has 1 nitrogen and oxygen atoms in total. The summed E-state index contributed by atoms with van der Waals surface area (Å²) < 4.78 is 0. The maximum Gasteiger partial charge on any atom is 0.0141 e. The molecule has 0 aliphatic heterocycles. The van der Waals surface area contributed by atoms with Crippen molar-refractivity contribution in [3.05, 3.63) is 0 Å². The molecule has 0 saturated heterocycles. The highest BCUT2D eigenvalue weighted by atomic mass is 15.2. The molecule has 0 aromatic rings. The van der Waals surface area contributed by atoms with E-state index in [4.69, 9.17) is 0 Å². The predicted molar refractivity (Wildman–Crippen MR) is 61.0 cm³/mol. The molecule has 0 saturated carbocycles. The van der Waals surface area contributed by atoms with Gasteiger partial charge in [0.2, 0.25) is 0 Å². The fourth-order valence-electron chi connectivity index (χ4n) is 2.29. The van der Waals surface area contributed by atoms with E-state index in [-0.39, 0.29) is 0 Å². The smallest absolute Gasteiger partial charge is 0.0141 e. The van der Waals surface area contributed by atoms with E-state index >= 15 is 0 Å². The third-order valence-electron chi connectivity index (χ3n) is 3.12. The van der Waals surface area contributed by atoms with Crippen molar-refractivity contribution in [3.8, 4) is 0 Å². The lowest BCUT2D eigenvalue weighted by Gasteiger charge is -2.38. The van der Waals surface area contributed by atoms with Crippen molar-refractivity contribution in [1.29, 1.82) is 0 Å². The lowest BCUT2D eigenvalue weighted by atomic mass is 9.91. The molecule has 0 spiro atoms. The van der Waals surface area contributed by atoms with Crippen molar-refractivity contribution in [2.75, 3.05) is 7.05 Å². The van der Waals surface area contributed by atoms with Crippen LogP contribution in [0.2, 0.25) is 0 Å². The zero-order valence-corrected chi connectivity index (χ0v) is 10.5. The van der Waals surface area contributed by atoms with Crippen LogP contribution in [0.5, 0.6) is 0 Å². The highest BCUT2D eigenvalue weighted by molar-refractivity contribution is 4.78. The van der Waals surface area contributed by atoms with Gasteiger partial charge in [0.05, 0.1) is 0 Å². The molecular formula is C12H27N. The second-order valence-electron chi connectivity index (χ2n) is 4.90. The summed E-state index contributed by atoms with van der Waals surface area (Å²) >= 11 is 0. The molecule has 0 aliphatic rings. The Morgan fingerprint density at radius 3 is 1.54 bits per heavy atom. The Hall–Kier alpha value is -0.0400. The first-order valence-electron chi connectivity index (χ1n) is 5.63. The fourth-order valence-corrected chi connectivity index (χ4v) is 2.29. The molecule has 0 heterocycles. The highest BCUT2D eigenvalue weighted by Crippen LogP contribution is 2.20. The summed E-state index contributed by atoms with van der Waals surface area (Å²) in [5, 5.41) is 0. The van der Waals surface area contributed by atoms with Gasteiger partial charge >= 0.3 is 0 Å². The Bertz CT molecular complexity index is 121. The van der Waals surface area contributed by atoms with Gasteiger partial charge in [0, 0.05) is 12.1 Å². The summed E-state index contributed by atoms with van der Waals surface area (Å²) in [7, 11) is 2.26. The fraction of sp³-hybridized carbons (Fsp3) is 1.00. The molecule has 0 aromatic carbocycles. The minimum absolute atomic E-state index is 0.704. The standard InChI is InChI=1S/C12H27N/c1-8-11(6)13(7)12(9(2)3)10(4)5/h9-12H,8H2,1-7H3. The van der Waals surface area contributed by atoms with E-state index in [9.17, 15) is 0 Å². The normalized spacial score (nSPS) is 15.0. The zero-order valence-electron chi connectivity index (χ0n) is 10.5. The zero-order chi connectivity index (χ0) is 10.6. The van der Waals surface area contributed by atoms with E-state index in [0.29, 0.717) is 6.04 Å². The summed E-state index contributed by atoms with van der Waals surface area (Å²) in [6.45, 7) is 13.9. The van der Waals surface area contributed by atoms with Crippen LogP contribution in [0.25, 0.3) is 0 Å². The summed E-state index contributed by atoms with van der Waals surface area (Å²) in [5.41, 5.74) is 0. The number of hydrogen-bond acceptors (Lipinski definition) is 1. The molecule has 13 heavy (non-hydrogen) atoms. The van der Waals surface area contributed by atoms with E-state index in [0.717, 1.165) is 17.9 Å². The van der Waals surface area contributed by atoms with Crippen molar-refractivity contribution >= 4 is 0 Å². The van der Waals surface area contributed by atoms with Crippen LogP contribution in [-0.2, 0) is 0 Å². The molecule has 80 valence electrons. The Labute approximate surface area is 84.5 Å². The lowest BCUT2D eigenvalue weighted by molar-refractivity contribution is 0.104. The van der Waals surface area contributed by atoms with Crippen LogP contribution in [0.3, 0.4) is 0 Å². The van der Waals surface area contributed by atoms with E-state index in [1.165, 1.54) is 6.42 Å². The number of nitrogens with zero attached hydrogens (tertiary/aromatic N) is 1. The summed E-state index contributed by atoms with van der Waals surface area (Å²) in [5.74, 6) is 1.50. The van der Waals surface area contributed by atoms with Gasteiger partial charge in [-0.2, -0.15) is 0 Å². The van der Waals surface area contributed by atoms with Gasteiger partial charge in [-0.05, 0) is 32.2 Å². The quantitative estimate of drug-likeness (QED) is 0.634. The molecule has 0 radical (unpaired) electrons. The first-order chi connectivity index (χ1) is 5.91. The molecule has 1 heteroatoms. The highest BCUT2D eigenvalue weighted by Gasteiger charge is 2.24. The van der Waals surface area contributed by atoms with Crippen molar-refractivity contribution < 1.29 is 0 Å². The largest absolute Gasteiger partial charge is 0.300 e. The molecule has 0 rings (SSSR count). The Balaban J connectivity index is 4.36. The second-order valence-corrected chi connectivity index (χ2v) is 4.90. The third kappa shape index (κ3) is 3.68. The summed E-state index contributed by atoms with van der Waals surface area (Å²) in [6, 6.07) is 1.42. The molecule has 0 N–H and O–H groups in total. The lowest BCUT2D eigenvalue weighted by Crippen LogP contribution is -2.44. The number of hydrogen-bond donors (Lipinski definition) is 0. The maximum atomic E-state index is 2.54. The van der Waals surface area contributed by atoms with Crippen LogP contribution in [0, 0.1) is 11.8 Å². The van der Waals surface area contributed by atoms with Gasteiger partial charge in [0.1, 0.15) is 0 Å². The van der Waals surface area contributed by atoms with E-state index in [2.05, 4.69) is 53.5 Å². The molecule has 0 aliphatic carbocycles. The van der Waals surface area contributed by atoms with Crippen LogP contribution in [0.1, 0.15) is 48.0 Å². The molecule has 0 amide bonds.